The number of methoxy groups -OCH3 is 1. The minimum absolute atomic E-state index is 0.216. The maximum Gasteiger partial charge on any atom is 0.419 e. The van der Waals surface area contributed by atoms with E-state index >= 15 is 0 Å². The lowest BCUT2D eigenvalue weighted by Crippen LogP contribution is -2.29. The van der Waals surface area contributed by atoms with Gasteiger partial charge in [0, 0.05) is 45.9 Å². The fourth-order valence-electron chi connectivity index (χ4n) is 5.44. The van der Waals surface area contributed by atoms with Gasteiger partial charge in [-0.2, -0.15) is 4.68 Å². The van der Waals surface area contributed by atoms with E-state index in [4.69, 9.17) is 32.9 Å². The van der Waals surface area contributed by atoms with Gasteiger partial charge in [-0.3, -0.25) is 14.7 Å². The lowest BCUT2D eigenvalue weighted by molar-refractivity contribution is -0.117. The number of ether oxygens (including phenoxy) is 2. The second kappa shape index (κ2) is 15.1. The third-order valence-electron chi connectivity index (χ3n) is 7.72. The van der Waals surface area contributed by atoms with Crippen molar-refractivity contribution in [2.75, 3.05) is 12.4 Å². The number of H-pyrrole nitrogens is 1. The molecule has 0 unspecified atom stereocenters. The molecule has 0 aliphatic heterocycles. The first-order valence-electron chi connectivity index (χ1n) is 15.9. The maximum absolute atomic E-state index is 13.6. The van der Waals surface area contributed by atoms with E-state index in [-0.39, 0.29) is 11.6 Å². The van der Waals surface area contributed by atoms with Gasteiger partial charge < -0.3 is 19.8 Å². The summed E-state index contributed by atoms with van der Waals surface area (Å²) in [5.74, 6) is -0.0828. The smallest absolute Gasteiger partial charge is 0.419 e. The number of halogens is 2. The van der Waals surface area contributed by atoms with Crippen LogP contribution in [0.1, 0.15) is 43.8 Å². The number of hydrogen-bond donors (Lipinski definition) is 3. The van der Waals surface area contributed by atoms with E-state index in [1.165, 1.54) is 28.8 Å². The van der Waals surface area contributed by atoms with E-state index in [1.54, 1.807) is 75.5 Å². The van der Waals surface area contributed by atoms with Gasteiger partial charge in [-0.1, -0.05) is 53.5 Å². The van der Waals surface area contributed by atoms with Crippen molar-refractivity contribution in [3.63, 3.8) is 0 Å². The molecule has 0 aliphatic carbocycles. The SMILES string of the molecule is COC(=O)Nc1ccc(-c2nc([C@H](Cc3cn(C(=O)OC(C)(C)C)c4ccccc34)NC(=O)C=Cc3cc(Cl)ccc3-n3cnnn3)[nH]c2Cl)cc1. The molecule has 3 aromatic heterocycles. The Morgan fingerprint density at radius 3 is 2.52 bits per heavy atom. The maximum atomic E-state index is 13.6. The number of fused-ring (bicyclic) bond motifs is 1. The Labute approximate surface area is 307 Å². The van der Waals surface area contributed by atoms with Crippen molar-refractivity contribution in [1.29, 1.82) is 0 Å². The zero-order valence-corrected chi connectivity index (χ0v) is 29.9. The predicted molar refractivity (Wildman–Crippen MR) is 196 cm³/mol. The Hall–Kier alpha value is -5.99. The van der Waals surface area contributed by atoms with Crippen molar-refractivity contribution >= 4 is 64.0 Å². The van der Waals surface area contributed by atoms with Gasteiger partial charge in [-0.15, -0.1) is 5.10 Å². The molecule has 1 atom stereocenters. The molecular formula is C36H33Cl2N9O5. The minimum Gasteiger partial charge on any atom is -0.453 e. The second-order valence-corrected chi connectivity index (χ2v) is 13.4. The number of nitrogens with one attached hydrogen (secondary N) is 3. The first kappa shape index (κ1) is 35.8. The molecule has 266 valence electrons. The Bertz CT molecular complexity index is 2270. The highest BCUT2D eigenvalue weighted by atomic mass is 35.5. The van der Waals surface area contributed by atoms with Crippen LogP contribution in [0.2, 0.25) is 10.2 Å². The van der Waals surface area contributed by atoms with Gasteiger partial charge in [0.25, 0.3) is 0 Å². The fourth-order valence-corrected chi connectivity index (χ4v) is 5.87. The van der Waals surface area contributed by atoms with E-state index in [9.17, 15) is 14.4 Å². The largest absolute Gasteiger partial charge is 0.453 e. The fraction of sp³-hybridized carbons (Fsp3) is 0.194. The number of para-hydroxylation sites is 1. The van der Waals surface area contributed by atoms with Crippen LogP contribution >= 0.6 is 23.2 Å². The lowest BCUT2D eigenvalue weighted by Gasteiger charge is -2.19. The topological polar surface area (TPSA) is 171 Å². The Balaban J connectivity index is 1.35. The average Bonchev–Trinajstić information content (AvgIpc) is 3.86. The molecule has 0 saturated carbocycles. The van der Waals surface area contributed by atoms with E-state index in [1.807, 2.05) is 24.3 Å². The summed E-state index contributed by atoms with van der Waals surface area (Å²) >= 11 is 13.0. The number of carbonyl (C=O) groups excluding carboxylic acids is 3. The number of nitrogens with zero attached hydrogens (tertiary/aromatic N) is 6. The zero-order chi connectivity index (χ0) is 37.0. The molecule has 0 fully saturated rings. The molecule has 2 amide bonds. The van der Waals surface area contributed by atoms with Gasteiger partial charge in [0.15, 0.2) is 0 Å². The van der Waals surface area contributed by atoms with Crippen LogP contribution in [0.5, 0.6) is 0 Å². The van der Waals surface area contributed by atoms with Crippen LogP contribution in [0, 0.1) is 0 Å². The van der Waals surface area contributed by atoms with E-state index in [2.05, 4.69) is 35.9 Å². The quantitative estimate of drug-likeness (QED) is 0.128. The number of hydrogen-bond acceptors (Lipinski definition) is 9. The van der Waals surface area contributed by atoms with E-state index in [0.717, 1.165) is 10.9 Å². The molecular weight excluding hydrogens is 709 g/mol. The van der Waals surface area contributed by atoms with Crippen molar-refractivity contribution in [3.8, 4) is 16.9 Å². The number of imidazole rings is 1. The lowest BCUT2D eigenvalue weighted by atomic mass is 10.0. The number of aromatic amines is 1. The molecule has 0 bridgehead atoms. The summed E-state index contributed by atoms with van der Waals surface area (Å²) in [6.45, 7) is 5.40. The Kier molecular flexibility index (Phi) is 10.4. The first-order chi connectivity index (χ1) is 24.9. The molecule has 0 saturated heterocycles. The van der Waals surface area contributed by atoms with Crippen LogP contribution in [0.15, 0.2) is 85.3 Å². The third kappa shape index (κ3) is 8.30. The monoisotopic (exact) mass is 741 g/mol. The summed E-state index contributed by atoms with van der Waals surface area (Å²) in [5.41, 5.74) is 3.49. The van der Waals surface area contributed by atoms with Crippen LogP contribution < -0.4 is 10.6 Å². The number of amides is 2. The highest BCUT2D eigenvalue weighted by Crippen LogP contribution is 2.32. The molecule has 0 spiro atoms. The van der Waals surface area contributed by atoms with Crippen LogP contribution in [0.25, 0.3) is 33.9 Å². The van der Waals surface area contributed by atoms with Gasteiger partial charge in [-0.25, -0.2) is 14.6 Å². The number of aromatic nitrogens is 7. The predicted octanol–water partition coefficient (Wildman–Crippen LogP) is 7.39. The highest BCUT2D eigenvalue weighted by molar-refractivity contribution is 6.32. The van der Waals surface area contributed by atoms with E-state index < -0.39 is 29.7 Å². The van der Waals surface area contributed by atoms with E-state index in [0.29, 0.717) is 44.6 Å². The van der Waals surface area contributed by atoms with Crippen molar-refractivity contribution in [1.82, 2.24) is 40.1 Å². The number of carbonyl (C=O) groups is 3. The van der Waals surface area contributed by atoms with Crippen LogP contribution in [-0.4, -0.2) is 65.5 Å². The summed E-state index contributed by atoms with van der Waals surface area (Å²) in [6, 6.07) is 18.7. The standard InChI is InChI=1S/C36H33Cl2N9O5/c1-36(2,3)52-35(50)46-19-23(26-7-5-6-8-29(26)46)18-27(33-42-31(32(38)43-33)21-9-13-25(14-10-21)40-34(49)51-4)41-30(48)16-11-22-17-24(37)12-15-28(22)47-20-39-44-45-47/h5-17,19-20,27H,18H2,1-4H3,(H,40,49)(H,41,48)(H,42,43)/t27-/m0/s1. The summed E-state index contributed by atoms with van der Waals surface area (Å²) in [5, 5.41) is 18.5. The normalized spacial score (nSPS) is 12.2. The third-order valence-corrected chi connectivity index (χ3v) is 8.23. The van der Waals surface area contributed by atoms with Gasteiger partial charge in [0.05, 0.1) is 24.4 Å². The zero-order valence-electron chi connectivity index (χ0n) is 28.4. The van der Waals surface area contributed by atoms with Gasteiger partial charge in [0.2, 0.25) is 5.91 Å². The highest BCUT2D eigenvalue weighted by Gasteiger charge is 2.25. The van der Waals surface area contributed by atoms with Crippen molar-refractivity contribution in [2.45, 2.75) is 38.8 Å². The number of tetrazole rings is 1. The molecule has 6 aromatic rings. The molecule has 0 radical (unpaired) electrons. The Morgan fingerprint density at radius 2 is 1.81 bits per heavy atom. The number of benzene rings is 3. The summed E-state index contributed by atoms with van der Waals surface area (Å²) < 4.78 is 13.3. The van der Waals surface area contributed by atoms with Crippen LogP contribution in [0.4, 0.5) is 15.3 Å². The van der Waals surface area contributed by atoms with Crippen molar-refractivity contribution < 1.29 is 23.9 Å². The van der Waals surface area contributed by atoms with Crippen molar-refractivity contribution in [3.05, 3.63) is 112 Å². The summed E-state index contributed by atoms with van der Waals surface area (Å²) in [7, 11) is 1.28. The number of rotatable bonds is 9. The molecule has 6 rings (SSSR count). The van der Waals surface area contributed by atoms with Crippen LogP contribution in [-0.2, 0) is 20.7 Å². The molecule has 14 nitrogen and oxygen atoms in total. The van der Waals surface area contributed by atoms with Gasteiger partial charge in [0.1, 0.15) is 28.6 Å². The van der Waals surface area contributed by atoms with Crippen molar-refractivity contribution in [2.24, 2.45) is 0 Å². The van der Waals surface area contributed by atoms with Gasteiger partial charge in [-0.05, 0) is 79.2 Å². The molecule has 3 N–H and O–H groups in total. The average molecular weight is 743 g/mol. The molecule has 3 aromatic carbocycles. The van der Waals surface area contributed by atoms with Crippen LogP contribution in [0.3, 0.4) is 0 Å². The summed E-state index contributed by atoms with van der Waals surface area (Å²) in [4.78, 5) is 46.5. The van der Waals surface area contributed by atoms with Gasteiger partial charge >= 0.3 is 12.2 Å². The minimum atomic E-state index is -0.750. The molecule has 0 aliphatic rings. The molecule has 3 heterocycles. The summed E-state index contributed by atoms with van der Waals surface area (Å²) in [6.07, 6.45) is 5.20. The molecule has 52 heavy (non-hydrogen) atoms. The Morgan fingerprint density at radius 1 is 1.04 bits per heavy atom. The second-order valence-electron chi connectivity index (χ2n) is 12.6. The molecule has 16 heteroatoms. The first-order valence-corrected chi connectivity index (χ1v) is 16.7. The number of anilines is 1.